The Morgan fingerprint density at radius 2 is 2.17 bits per heavy atom. The first-order valence-electron chi connectivity index (χ1n) is 4.73. The van der Waals surface area contributed by atoms with Crippen molar-refractivity contribution < 1.29 is 18.3 Å². The van der Waals surface area contributed by atoms with E-state index in [1.807, 2.05) is 0 Å². The van der Waals surface area contributed by atoms with Crippen LogP contribution in [0.25, 0.3) is 0 Å². The molecule has 0 aliphatic heterocycles. The quantitative estimate of drug-likeness (QED) is 0.847. The summed E-state index contributed by atoms with van der Waals surface area (Å²) in [4.78, 5) is 10.7. The zero-order valence-corrected chi connectivity index (χ0v) is 11.0. The molecule has 1 aromatic rings. The first-order chi connectivity index (χ1) is 8.30. The molecule has 0 bridgehead atoms. The van der Waals surface area contributed by atoms with E-state index in [1.165, 1.54) is 19.2 Å². The number of hydrogen-bond donors (Lipinski definition) is 1. The third-order valence-corrected chi connectivity index (χ3v) is 4.32. The minimum Gasteiger partial charge on any atom is -0.478 e. The summed E-state index contributed by atoms with van der Waals surface area (Å²) < 4.78 is 25.0. The zero-order valence-electron chi connectivity index (χ0n) is 9.42. The van der Waals surface area contributed by atoms with Crippen LogP contribution in [0.3, 0.4) is 0 Å². The lowest BCUT2D eigenvalue weighted by Gasteiger charge is -2.14. The van der Waals surface area contributed by atoms with E-state index in [0.717, 1.165) is 10.4 Å². The van der Waals surface area contributed by atoms with Crippen molar-refractivity contribution in [3.63, 3.8) is 0 Å². The number of halogens is 1. The molecule has 18 heavy (non-hydrogen) atoms. The summed E-state index contributed by atoms with van der Waals surface area (Å²) in [5.74, 6) is 0.902. The van der Waals surface area contributed by atoms with Crippen molar-refractivity contribution in [1.82, 2.24) is 4.31 Å². The number of carboxylic acid groups (broad SMARTS) is 1. The molecule has 1 rings (SSSR count). The maximum atomic E-state index is 12.0. The monoisotopic (exact) mass is 287 g/mol. The van der Waals surface area contributed by atoms with Crippen molar-refractivity contribution in [1.29, 1.82) is 0 Å². The molecule has 0 atom stereocenters. The van der Waals surface area contributed by atoms with Gasteiger partial charge in [-0.2, -0.15) is 4.31 Å². The summed E-state index contributed by atoms with van der Waals surface area (Å²) in [6, 6.07) is 3.46. The number of hydrogen-bond acceptors (Lipinski definition) is 3. The Morgan fingerprint density at radius 1 is 1.56 bits per heavy atom. The van der Waals surface area contributed by atoms with Gasteiger partial charge in [-0.3, -0.25) is 0 Å². The van der Waals surface area contributed by atoms with E-state index in [1.54, 1.807) is 0 Å². The van der Waals surface area contributed by atoms with Gasteiger partial charge in [-0.15, -0.1) is 6.42 Å². The summed E-state index contributed by atoms with van der Waals surface area (Å²) >= 11 is 5.66. The van der Waals surface area contributed by atoms with E-state index in [9.17, 15) is 13.2 Å². The molecule has 0 spiro atoms. The summed E-state index contributed by atoms with van der Waals surface area (Å²) in [6.07, 6.45) is 5.04. The normalized spacial score (nSPS) is 11.2. The number of benzene rings is 1. The first kappa shape index (κ1) is 14.5. The summed E-state index contributed by atoms with van der Waals surface area (Å²) in [5, 5.41) is 8.85. The predicted octanol–water partition coefficient (Wildman–Crippen LogP) is 1.29. The Labute approximate surface area is 110 Å². The second-order valence-electron chi connectivity index (χ2n) is 3.41. The Kier molecular flexibility index (Phi) is 4.35. The molecule has 0 aromatic heterocycles. The largest absolute Gasteiger partial charge is 0.478 e. The maximum absolute atomic E-state index is 12.0. The highest BCUT2D eigenvalue weighted by molar-refractivity contribution is 7.89. The second-order valence-corrected chi connectivity index (χ2v) is 5.86. The fraction of sp³-hybridized carbons (Fsp3) is 0.182. The number of terminal acetylenes is 1. The fourth-order valence-electron chi connectivity index (χ4n) is 1.22. The van der Waals surface area contributed by atoms with Crippen LogP contribution in [-0.4, -0.2) is 37.4 Å². The predicted molar refractivity (Wildman–Crippen MR) is 67.1 cm³/mol. The zero-order chi connectivity index (χ0) is 13.9. The number of nitrogens with zero attached hydrogens (tertiary/aromatic N) is 1. The minimum atomic E-state index is -3.81. The van der Waals surface area contributed by atoms with Crippen LogP contribution in [0.2, 0.25) is 5.02 Å². The smallest absolute Gasteiger partial charge is 0.337 e. The van der Waals surface area contributed by atoms with E-state index in [0.29, 0.717) is 0 Å². The third-order valence-electron chi connectivity index (χ3n) is 2.19. The van der Waals surface area contributed by atoms with Crippen LogP contribution in [0.4, 0.5) is 0 Å². The van der Waals surface area contributed by atoms with E-state index in [4.69, 9.17) is 23.1 Å². The third kappa shape index (κ3) is 2.82. The highest BCUT2D eigenvalue weighted by Crippen LogP contribution is 2.22. The molecule has 0 aliphatic carbocycles. The lowest BCUT2D eigenvalue weighted by molar-refractivity contribution is 0.0697. The van der Waals surface area contributed by atoms with Crippen LogP contribution >= 0.6 is 11.6 Å². The van der Waals surface area contributed by atoms with Gasteiger partial charge in [0.25, 0.3) is 0 Å². The van der Waals surface area contributed by atoms with Crippen molar-refractivity contribution in [3.05, 3.63) is 28.8 Å². The first-order valence-corrected chi connectivity index (χ1v) is 6.55. The topological polar surface area (TPSA) is 74.7 Å². The molecule has 0 aliphatic rings. The summed E-state index contributed by atoms with van der Waals surface area (Å²) in [6.45, 7) is -0.104. The summed E-state index contributed by atoms with van der Waals surface area (Å²) in [5.41, 5.74) is -0.271. The van der Waals surface area contributed by atoms with Gasteiger partial charge in [-0.25, -0.2) is 13.2 Å². The molecule has 96 valence electrons. The van der Waals surface area contributed by atoms with E-state index < -0.39 is 16.0 Å². The second kappa shape index (κ2) is 5.40. The average molecular weight is 288 g/mol. The van der Waals surface area contributed by atoms with Crippen LogP contribution < -0.4 is 0 Å². The molecule has 0 amide bonds. The molecule has 0 saturated heterocycles. The van der Waals surface area contributed by atoms with Crippen molar-refractivity contribution in [2.75, 3.05) is 13.6 Å². The molecule has 1 aromatic carbocycles. The molecule has 0 radical (unpaired) electrons. The van der Waals surface area contributed by atoms with E-state index >= 15 is 0 Å². The van der Waals surface area contributed by atoms with Gasteiger partial charge in [0.15, 0.2) is 0 Å². The van der Waals surface area contributed by atoms with Gasteiger partial charge in [-0.05, 0) is 18.2 Å². The van der Waals surface area contributed by atoms with Crippen molar-refractivity contribution in [2.24, 2.45) is 0 Å². The molecular formula is C11H10ClNO4S. The lowest BCUT2D eigenvalue weighted by Crippen LogP contribution is -2.27. The molecule has 0 heterocycles. The molecule has 0 fully saturated rings. The number of rotatable bonds is 4. The molecule has 0 unspecified atom stereocenters. The van der Waals surface area contributed by atoms with E-state index in [-0.39, 0.29) is 22.0 Å². The summed E-state index contributed by atoms with van der Waals surface area (Å²) in [7, 11) is -2.50. The van der Waals surface area contributed by atoms with E-state index in [2.05, 4.69) is 5.92 Å². The highest BCUT2D eigenvalue weighted by Gasteiger charge is 2.22. The fourth-order valence-corrected chi connectivity index (χ4v) is 2.53. The van der Waals surface area contributed by atoms with Crippen molar-refractivity contribution >= 4 is 27.6 Å². The van der Waals surface area contributed by atoms with Gasteiger partial charge in [-0.1, -0.05) is 17.5 Å². The average Bonchev–Trinajstić information content (AvgIpc) is 2.29. The van der Waals surface area contributed by atoms with Gasteiger partial charge >= 0.3 is 5.97 Å². The molecular weight excluding hydrogens is 278 g/mol. The standard InChI is InChI=1S/C11H10ClNO4S/c1-3-6-13(2)18(16,17)8-4-5-10(12)9(7-8)11(14)15/h1,4-5,7H,6H2,2H3,(H,14,15). The molecule has 5 nitrogen and oxygen atoms in total. The SMILES string of the molecule is C#CCN(C)S(=O)(=O)c1ccc(Cl)c(C(=O)O)c1. The van der Waals surface area contributed by atoms with Crippen LogP contribution in [0.15, 0.2) is 23.1 Å². The molecule has 7 heteroatoms. The molecule has 0 saturated carbocycles. The Balaban J connectivity index is 3.31. The van der Waals surface area contributed by atoms with Gasteiger partial charge < -0.3 is 5.11 Å². The van der Waals surface area contributed by atoms with Crippen LogP contribution in [0.5, 0.6) is 0 Å². The van der Waals surface area contributed by atoms with Gasteiger partial charge in [0.1, 0.15) is 0 Å². The molecule has 1 N–H and O–H groups in total. The van der Waals surface area contributed by atoms with Crippen LogP contribution in [-0.2, 0) is 10.0 Å². The highest BCUT2D eigenvalue weighted by atomic mass is 35.5. The maximum Gasteiger partial charge on any atom is 0.337 e. The Morgan fingerprint density at radius 3 is 2.67 bits per heavy atom. The minimum absolute atomic E-state index is 0.0268. The number of sulfonamides is 1. The lowest BCUT2D eigenvalue weighted by atomic mass is 10.2. The Hall–Kier alpha value is -1.55. The van der Waals surface area contributed by atoms with Crippen LogP contribution in [0.1, 0.15) is 10.4 Å². The number of carbonyl (C=O) groups is 1. The van der Waals surface area contributed by atoms with Crippen molar-refractivity contribution in [3.8, 4) is 12.3 Å². The van der Waals surface area contributed by atoms with Crippen LogP contribution in [0, 0.1) is 12.3 Å². The number of carboxylic acids is 1. The van der Waals surface area contributed by atoms with Crippen molar-refractivity contribution in [2.45, 2.75) is 4.90 Å². The number of aromatic carboxylic acids is 1. The van der Waals surface area contributed by atoms with Gasteiger partial charge in [0.2, 0.25) is 10.0 Å². The van der Waals surface area contributed by atoms with Gasteiger partial charge in [0, 0.05) is 7.05 Å². The Bertz CT molecular complexity index is 618. The van der Waals surface area contributed by atoms with Gasteiger partial charge in [0.05, 0.1) is 22.0 Å².